The molecule has 3 heterocycles. The molecule has 3 aromatic rings. The van der Waals surface area contributed by atoms with Gasteiger partial charge in [-0.25, -0.2) is 4.39 Å². The number of nitrogens with zero attached hydrogens (tertiary/aromatic N) is 2. The summed E-state index contributed by atoms with van der Waals surface area (Å²) in [6.45, 7) is 5.83. The van der Waals surface area contributed by atoms with E-state index in [0.717, 1.165) is 24.1 Å². The third-order valence-corrected chi connectivity index (χ3v) is 9.89. The van der Waals surface area contributed by atoms with Gasteiger partial charge in [-0.05, 0) is 48.1 Å². The molecule has 2 aromatic carbocycles. The average Bonchev–Trinajstić information content (AvgIpc) is 3.54. The van der Waals surface area contributed by atoms with E-state index in [-0.39, 0.29) is 29.2 Å². The highest BCUT2D eigenvalue weighted by molar-refractivity contribution is 6.51. The van der Waals surface area contributed by atoms with Gasteiger partial charge >= 0.3 is 0 Å². The highest BCUT2D eigenvalue weighted by atomic mass is 35.5. The quantitative estimate of drug-likeness (QED) is 0.298. The minimum Gasteiger partial charge on any atom is -0.384 e. The van der Waals surface area contributed by atoms with Crippen LogP contribution in [0.3, 0.4) is 0 Å². The van der Waals surface area contributed by atoms with E-state index in [0.29, 0.717) is 37.0 Å². The number of amides is 2. The first-order valence-electron chi connectivity index (χ1n) is 13.7. The number of imide groups is 1. The maximum absolute atomic E-state index is 16.2. The number of aromatic nitrogens is 1. The first-order valence-corrected chi connectivity index (χ1v) is 14.5. The molecule has 3 fully saturated rings. The van der Waals surface area contributed by atoms with Gasteiger partial charge in [-0.2, -0.15) is 0 Å². The van der Waals surface area contributed by atoms with Crippen LogP contribution in [-0.2, 0) is 21.7 Å². The van der Waals surface area contributed by atoms with Crippen LogP contribution >= 0.6 is 23.2 Å². The number of halogens is 3. The minimum atomic E-state index is -1.40. The summed E-state index contributed by atoms with van der Waals surface area (Å²) in [6.07, 6.45) is 3.29. The van der Waals surface area contributed by atoms with Gasteiger partial charge in [-0.15, -0.1) is 23.2 Å². The number of hydrogen-bond donors (Lipinski definition) is 2. The summed E-state index contributed by atoms with van der Waals surface area (Å²) in [7, 11) is 0. The van der Waals surface area contributed by atoms with Gasteiger partial charge in [-0.3, -0.25) is 24.8 Å². The lowest BCUT2D eigenvalue weighted by Gasteiger charge is -2.50. The number of pyridine rings is 1. The van der Waals surface area contributed by atoms with E-state index in [1.807, 2.05) is 13.8 Å². The third kappa shape index (κ3) is 4.81. The first kappa shape index (κ1) is 27.6. The van der Waals surface area contributed by atoms with Gasteiger partial charge in [0, 0.05) is 54.5 Å². The second-order valence-corrected chi connectivity index (χ2v) is 13.8. The highest BCUT2D eigenvalue weighted by Crippen LogP contribution is 2.59. The van der Waals surface area contributed by atoms with Crippen LogP contribution in [0.5, 0.6) is 0 Å². The van der Waals surface area contributed by atoms with E-state index in [1.165, 1.54) is 0 Å². The van der Waals surface area contributed by atoms with Crippen molar-refractivity contribution in [2.45, 2.75) is 67.8 Å². The Kier molecular flexibility index (Phi) is 6.73. The summed E-state index contributed by atoms with van der Waals surface area (Å²) in [6, 6.07) is 13.4. The predicted molar refractivity (Wildman–Crippen MR) is 153 cm³/mol. The predicted octanol–water partition coefficient (Wildman–Crippen LogP) is 5.68. The molecule has 210 valence electrons. The van der Waals surface area contributed by atoms with E-state index in [4.69, 9.17) is 23.2 Å². The Bertz CT molecular complexity index is 1510. The lowest BCUT2D eigenvalue weighted by Crippen LogP contribution is -2.55. The number of benzene rings is 2. The molecule has 2 unspecified atom stereocenters. The number of fused-ring (bicyclic) bond motifs is 1. The molecule has 1 aromatic heterocycles. The number of nitrogens with one attached hydrogen (secondary N) is 1. The highest BCUT2D eigenvalue weighted by Gasteiger charge is 2.52. The lowest BCUT2D eigenvalue weighted by atomic mass is 9.66. The van der Waals surface area contributed by atoms with Crippen molar-refractivity contribution < 1.29 is 19.1 Å². The van der Waals surface area contributed by atoms with Crippen LogP contribution < -0.4 is 5.32 Å². The number of hydrogen-bond acceptors (Lipinski definition) is 5. The Morgan fingerprint density at radius 1 is 1.12 bits per heavy atom. The number of aliphatic hydroxyl groups is 1. The molecule has 1 aliphatic carbocycles. The van der Waals surface area contributed by atoms with Crippen LogP contribution in [0, 0.1) is 11.2 Å². The Hall–Kier alpha value is -2.58. The summed E-state index contributed by atoms with van der Waals surface area (Å²) in [4.78, 5) is 30.7. The van der Waals surface area contributed by atoms with Crippen molar-refractivity contribution in [1.82, 2.24) is 15.2 Å². The second-order valence-electron chi connectivity index (χ2n) is 12.2. The molecule has 6 rings (SSSR count). The molecule has 2 aliphatic heterocycles. The average molecular weight is 585 g/mol. The topological polar surface area (TPSA) is 82.5 Å². The van der Waals surface area contributed by atoms with Crippen molar-refractivity contribution in [3.8, 4) is 0 Å². The molecule has 3 atom stereocenters. The standard InChI is InChI=1S/C31H32Cl2FN3O3/c1-29(2)17-37(16-18-3-5-19(6-4-18)24-14-31(24,32)33)12-11-30(29,40)23-8-9-25-22(27(23)34)13-20(15-35-25)21-7-10-26(38)36-28(21)39/h3-6,8-9,13,15,21,24,40H,7,10-12,14,16-17H2,1-2H3,(H,36,38,39)/t21?,24?,30-/m1/s1. The number of rotatable bonds is 5. The Balaban J connectivity index is 1.22. The molecule has 0 radical (unpaired) electrons. The Morgan fingerprint density at radius 2 is 1.85 bits per heavy atom. The number of alkyl halides is 2. The number of carbonyl (C=O) groups is 2. The molecule has 40 heavy (non-hydrogen) atoms. The minimum absolute atomic E-state index is 0.181. The maximum atomic E-state index is 16.2. The van der Waals surface area contributed by atoms with E-state index in [2.05, 4.69) is 39.5 Å². The van der Waals surface area contributed by atoms with Crippen LogP contribution in [0.2, 0.25) is 0 Å². The SMILES string of the molecule is CC1(C)CN(Cc2ccc(C3CC3(Cl)Cl)cc2)CC[C@@]1(O)c1ccc2ncc(C3CCC(=O)NC3=O)cc2c1F. The fraction of sp³-hybridized carbons (Fsp3) is 0.452. The summed E-state index contributed by atoms with van der Waals surface area (Å²) in [5.41, 5.74) is 1.50. The van der Waals surface area contributed by atoms with Gasteiger partial charge in [0.15, 0.2) is 0 Å². The Morgan fingerprint density at radius 3 is 2.50 bits per heavy atom. The first-order chi connectivity index (χ1) is 18.9. The van der Waals surface area contributed by atoms with Gasteiger partial charge in [-0.1, -0.05) is 44.2 Å². The molecular formula is C31H32Cl2FN3O3. The maximum Gasteiger partial charge on any atom is 0.234 e. The summed E-state index contributed by atoms with van der Waals surface area (Å²) >= 11 is 12.4. The van der Waals surface area contributed by atoms with Crippen LogP contribution in [-0.4, -0.2) is 44.2 Å². The van der Waals surface area contributed by atoms with Crippen molar-refractivity contribution >= 4 is 45.9 Å². The monoisotopic (exact) mass is 583 g/mol. The zero-order valence-electron chi connectivity index (χ0n) is 22.5. The number of carbonyl (C=O) groups excluding carboxylic acids is 2. The Labute approximate surface area is 242 Å². The van der Waals surface area contributed by atoms with E-state index in [9.17, 15) is 14.7 Å². The second kappa shape index (κ2) is 9.76. The van der Waals surface area contributed by atoms with Gasteiger partial charge < -0.3 is 5.11 Å². The van der Waals surface area contributed by atoms with Crippen LogP contribution in [0.25, 0.3) is 10.9 Å². The van der Waals surface area contributed by atoms with Crippen molar-refractivity contribution in [2.24, 2.45) is 5.41 Å². The third-order valence-electron chi connectivity index (χ3n) is 9.05. The fourth-order valence-corrected chi connectivity index (χ4v) is 7.01. The molecular weight excluding hydrogens is 552 g/mol. The van der Waals surface area contributed by atoms with Crippen LogP contribution in [0.15, 0.2) is 48.7 Å². The molecule has 3 aliphatic rings. The molecule has 2 saturated heterocycles. The molecule has 2 amide bonds. The van der Waals surface area contributed by atoms with Gasteiger partial charge in [0.25, 0.3) is 0 Å². The molecule has 0 bridgehead atoms. The van der Waals surface area contributed by atoms with Crippen molar-refractivity contribution in [2.75, 3.05) is 13.1 Å². The largest absolute Gasteiger partial charge is 0.384 e. The molecule has 0 spiro atoms. The molecule has 2 N–H and O–H groups in total. The van der Waals surface area contributed by atoms with Crippen molar-refractivity contribution in [3.05, 3.63) is 76.7 Å². The van der Waals surface area contributed by atoms with Crippen LogP contribution in [0.4, 0.5) is 4.39 Å². The summed E-state index contributed by atoms with van der Waals surface area (Å²) in [5, 5.41) is 14.6. The van der Waals surface area contributed by atoms with Gasteiger partial charge in [0.2, 0.25) is 11.8 Å². The van der Waals surface area contributed by atoms with Gasteiger partial charge in [0.05, 0.1) is 17.0 Å². The summed E-state index contributed by atoms with van der Waals surface area (Å²) in [5.74, 6) is -1.60. The van der Waals surface area contributed by atoms with Gasteiger partial charge in [0.1, 0.15) is 10.2 Å². The molecule has 9 heteroatoms. The zero-order chi connectivity index (χ0) is 28.4. The fourth-order valence-electron chi connectivity index (χ4n) is 6.45. The molecule has 6 nitrogen and oxygen atoms in total. The summed E-state index contributed by atoms with van der Waals surface area (Å²) < 4.78 is 15.5. The smallest absolute Gasteiger partial charge is 0.234 e. The number of piperidine rings is 2. The van der Waals surface area contributed by atoms with E-state index < -0.39 is 33.0 Å². The van der Waals surface area contributed by atoms with Crippen molar-refractivity contribution in [3.63, 3.8) is 0 Å². The van der Waals surface area contributed by atoms with Crippen LogP contribution in [0.1, 0.15) is 73.6 Å². The zero-order valence-corrected chi connectivity index (χ0v) is 24.0. The number of likely N-dealkylation sites (tertiary alicyclic amines) is 1. The van der Waals surface area contributed by atoms with E-state index >= 15 is 4.39 Å². The lowest BCUT2D eigenvalue weighted by molar-refractivity contribution is -0.134. The van der Waals surface area contributed by atoms with E-state index in [1.54, 1.807) is 24.4 Å². The van der Waals surface area contributed by atoms with Crippen molar-refractivity contribution in [1.29, 1.82) is 0 Å². The molecule has 1 saturated carbocycles. The normalized spacial score (nSPS) is 27.9.